The molecule has 1 aliphatic rings. The van der Waals surface area contributed by atoms with E-state index in [1.807, 2.05) is 34.6 Å². The van der Waals surface area contributed by atoms with E-state index in [0.717, 1.165) is 0 Å². The summed E-state index contributed by atoms with van der Waals surface area (Å²) >= 11 is 0. The van der Waals surface area contributed by atoms with Crippen molar-refractivity contribution in [3.05, 3.63) is 12.7 Å². The lowest BCUT2D eigenvalue weighted by atomic mass is 10.1. The minimum Gasteiger partial charge on any atom is -0.444 e. The second kappa shape index (κ2) is 5.28. The summed E-state index contributed by atoms with van der Waals surface area (Å²) in [6.45, 7) is 13.2. The zero-order valence-corrected chi connectivity index (χ0v) is 11.8. The highest BCUT2D eigenvalue weighted by Gasteiger charge is 2.37. The molecule has 5 nitrogen and oxygen atoms in total. The highest BCUT2D eigenvalue weighted by molar-refractivity contribution is 5.68. The first kappa shape index (κ1) is 15.0. The number of ether oxygens (including phenoxy) is 3. The predicted octanol–water partition coefficient (Wildman–Crippen LogP) is 2.22. The van der Waals surface area contributed by atoms with Crippen LogP contribution in [0, 0.1) is 0 Å². The Morgan fingerprint density at radius 1 is 1.56 bits per heavy atom. The second-order valence-corrected chi connectivity index (χ2v) is 5.77. The maximum absolute atomic E-state index is 11.7. The van der Waals surface area contributed by atoms with Crippen molar-refractivity contribution in [3.63, 3.8) is 0 Å². The Hall–Kier alpha value is -1.07. The van der Waals surface area contributed by atoms with Gasteiger partial charge in [-0.15, -0.1) is 6.58 Å². The fraction of sp³-hybridized carbons (Fsp3) is 0.769. The molecule has 1 N–H and O–H groups in total. The van der Waals surface area contributed by atoms with Crippen LogP contribution in [0.25, 0.3) is 0 Å². The molecule has 0 spiro atoms. The number of alkyl carbamates (subject to hydrolysis) is 1. The quantitative estimate of drug-likeness (QED) is 0.788. The Labute approximate surface area is 108 Å². The van der Waals surface area contributed by atoms with Gasteiger partial charge in [0.25, 0.3) is 0 Å². The van der Waals surface area contributed by atoms with Gasteiger partial charge in [0.15, 0.2) is 5.79 Å². The van der Waals surface area contributed by atoms with Crippen molar-refractivity contribution in [1.82, 2.24) is 5.32 Å². The zero-order valence-electron chi connectivity index (χ0n) is 11.8. The third-order valence-electron chi connectivity index (χ3n) is 2.37. The van der Waals surface area contributed by atoms with Crippen LogP contribution < -0.4 is 5.32 Å². The van der Waals surface area contributed by atoms with Gasteiger partial charge in [0.1, 0.15) is 11.7 Å². The van der Waals surface area contributed by atoms with Gasteiger partial charge in [-0.05, 0) is 34.6 Å². The molecule has 2 atom stereocenters. The van der Waals surface area contributed by atoms with Gasteiger partial charge in [-0.1, -0.05) is 6.08 Å². The number of carbonyl (C=O) groups excluding carboxylic acids is 1. The summed E-state index contributed by atoms with van der Waals surface area (Å²) in [5.41, 5.74) is -0.526. The molecule has 0 saturated carbocycles. The average Bonchev–Trinajstić information content (AvgIpc) is 2.52. The molecule has 0 bridgehead atoms. The van der Waals surface area contributed by atoms with Gasteiger partial charge in [-0.25, -0.2) is 4.79 Å². The van der Waals surface area contributed by atoms with Crippen molar-refractivity contribution >= 4 is 6.09 Å². The largest absolute Gasteiger partial charge is 0.444 e. The molecule has 0 aliphatic carbocycles. The number of hydrogen-bond donors (Lipinski definition) is 1. The summed E-state index contributed by atoms with van der Waals surface area (Å²) in [7, 11) is 0. The summed E-state index contributed by atoms with van der Waals surface area (Å²) in [5.74, 6) is -0.623. The fourth-order valence-corrected chi connectivity index (χ4v) is 1.64. The van der Waals surface area contributed by atoms with Crippen LogP contribution in [-0.4, -0.2) is 36.2 Å². The van der Waals surface area contributed by atoms with E-state index >= 15 is 0 Å². The molecule has 0 aromatic carbocycles. The topological polar surface area (TPSA) is 56.8 Å². The lowest BCUT2D eigenvalue weighted by Crippen LogP contribution is -2.45. The third kappa shape index (κ3) is 4.66. The fourth-order valence-electron chi connectivity index (χ4n) is 1.64. The maximum Gasteiger partial charge on any atom is 0.408 e. The van der Waals surface area contributed by atoms with E-state index in [0.29, 0.717) is 6.61 Å². The molecule has 0 unspecified atom stereocenters. The molecule has 0 aromatic rings. The minimum absolute atomic E-state index is 0.245. The molecule has 0 aromatic heterocycles. The van der Waals surface area contributed by atoms with Gasteiger partial charge in [0, 0.05) is 0 Å². The lowest BCUT2D eigenvalue weighted by molar-refractivity contribution is -0.140. The number of carbonyl (C=O) groups is 1. The third-order valence-corrected chi connectivity index (χ3v) is 2.37. The van der Waals surface area contributed by atoms with Crippen LogP contribution in [-0.2, 0) is 14.2 Å². The molecule has 5 heteroatoms. The van der Waals surface area contributed by atoms with Crippen molar-refractivity contribution in [2.24, 2.45) is 0 Å². The van der Waals surface area contributed by atoms with Gasteiger partial charge in [0.05, 0.1) is 12.6 Å². The van der Waals surface area contributed by atoms with E-state index in [-0.39, 0.29) is 12.1 Å². The van der Waals surface area contributed by atoms with E-state index in [9.17, 15) is 4.79 Å². The standard InChI is InChI=1S/C13H23NO4/c1-7-9(10-8-16-13(5,6)17-10)14-11(15)18-12(2,3)4/h7,9-10H,1,8H2,2-6H3,(H,14,15)/t9-,10-/m1/s1. The number of amides is 1. The molecule has 1 rings (SSSR count). The van der Waals surface area contributed by atoms with Crippen molar-refractivity contribution in [3.8, 4) is 0 Å². The molecule has 0 radical (unpaired) electrons. The smallest absolute Gasteiger partial charge is 0.408 e. The average molecular weight is 257 g/mol. The Bertz CT molecular complexity index is 319. The molecular formula is C13H23NO4. The number of hydrogen-bond acceptors (Lipinski definition) is 4. The molecule has 1 aliphatic heterocycles. The zero-order chi connectivity index (χ0) is 14.0. The van der Waals surface area contributed by atoms with Crippen LogP contribution in [0.15, 0.2) is 12.7 Å². The monoisotopic (exact) mass is 257 g/mol. The van der Waals surface area contributed by atoms with Crippen molar-refractivity contribution in [2.45, 2.75) is 58.2 Å². The summed E-state index contributed by atoms with van der Waals surface area (Å²) in [6.07, 6.45) is 0.894. The summed E-state index contributed by atoms with van der Waals surface area (Å²) in [4.78, 5) is 11.7. The highest BCUT2D eigenvalue weighted by atomic mass is 16.7. The van der Waals surface area contributed by atoms with Gasteiger partial charge in [-0.3, -0.25) is 0 Å². The minimum atomic E-state index is -0.623. The summed E-state index contributed by atoms with van der Waals surface area (Å²) < 4.78 is 16.3. The Balaban J connectivity index is 2.53. The SMILES string of the molecule is C=C[C@@H](NC(=O)OC(C)(C)C)[C@H]1COC(C)(C)O1. The van der Waals surface area contributed by atoms with Crippen LogP contribution in [0.1, 0.15) is 34.6 Å². The molecule has 1 amide bonds. The van der Waals surface area contributed by atoms with Crippen LogP contribution >= 0.6 is 0 Å². The first-order valence-electron chi connectivity index (χ1n) is 6.07. The van der Waals surface area contributed by atoms with Crippen LogP contribution in [0.5, 0.6) is 0 Å². The molecular weight excluding hydrogens is 234 g/mol. The van der Waals surface area contributed by atoms with Crippen molar-refractivity contribution in [2.75, 3.05) is 6.61 Å². The molecule has 1 heterocycles. The summed E-state index contributed by atoms with van der Waals surface area (Å²) in [5, 5.41) is 2.72. The first-order chi connectivity index (χ1) is 8.13. The second-order valence-electron chi connectivity index (χ2n) is 5.77. The summed E-state index contributed by atoms with van der Waals surface area (Å²) in [6, 6.07) is -0.332. The number of rotatable bonds is 3. The van der Waals surface area contributed by atoms with Gasteiger partial charge >= 0.3 is 6.09 Å². The first-order valence-corrected chi connectivity index (χ1v) is 6.07. The maximum atomic E-state index is 11.7. The van der Waals surface area contributed by atoms with Crippen LogP contribution in [0.4, 0.5) is 4.79 Å². The van der Waals surface area contributed by atoms with Crippen LogP contribution in [0.3, 0.4) is 0 Å². The lowest BCUT2D eigenvalue weighted by Gasteiger charge is -2.25. The Kier molecular flexibility index (Phi) is 4.40. The van der Waals surface area contributed by atoms with E-state index in [1.165, 1.54) is 0 Å². The molecule has 1 fully saturated rings. The van der Waals surface area contributed by atoms with Gasteiger partial charge in [-0.2, -0.15) is 0 Å². The van der Waals surface area contributed by atoms with Crippen LogP contribution in [0.2, 0.25) is 0 Å². The van der Waals surface area contributed by atoms with Gasteiger partial charge in [0.2, 0.25) is 0 Å². The number of nitrogens with one attached hydrogen (secondary N) is 1. The van der Waals surface area contributed by atoms with E-state index < -0.39 is 17.5 Å². The van der Waals surface area contributed by atoms with Gasteiger partial charge < -0.3 is 19.5 Å². The highest BCUT2D eigenvalue weighted by Crippen LogP contribution is 2.24. The molecule has 1 saturated heterocycles. The Morgan fingerprint density at radius 2 is 2.17 bits per heavy atom. The van der Waals surface area contributed by atoms with E-state index in [2.05, 4.69) is 11.9 Å². The van der Waals surface area contributed by atoms with Crippen molar-refractivity contribution in [1.29, 1.82) is 0 Å². The predicted molar refractivity (Wildman–Crippen MR) is 68.3 cm³/mol. The van der Waals surface area contributed by atoms with E-state index in [1.54, 1.807) is 6.08 Å². The van der Waals surface area contributed by atoms with Crippen molar-refractivity contribution < 1.29 is 19.0 Å². The Morgan fingerprint density at radius 3 is 2.56 bits per heavy atom. The normalized spacial score (nSPS) is 24.4. The molecule has 104 valence electrons. The van der Waals surface area contributed by atoms with E-state index in [4.69, 9.17) is 14.2 Å². The molecule has 18 heavy (non-hydrogen) atoms.